The lowest BCUT2D eigenvalue weighted by Gasteiger charge is -2.09. The van der Waals surface area contributed by atoms with Crippen LogP contribution in [0.15, 0.2) is 12.1 Å². The molecule has 0 radical (unpaired) electrons. The zero-order valence-corrected chi connectivity index (χ0v) is 18.8. The van der Waals surface area contributed by atoms with Crippen LogP contribution in [0.2, 0.25) is 0 Å². The third-order valence-corrected chi connectivity index (χ3v) is 5.58. The summed E-state index contributed by atoms with van der Waals surface area (Å²) in [7, 11) is 0. The van der Waals surface area contributed by atoms with Gasteiger partial charge in [-0.1, -0.05) is 0 Å². The Morgan fingerprint density at radius 1 is 1.09 bits per heavy atom. The number of thiophene rings is 1. The molecule has 33 heavy (non-hydrogen) atoms. The average Bonchev–Trinajstić information content (AvgIpc) is 3.28. The van der Waals surface area contributed by atoms with E-state index < -0.39 is 29.7 Å². The summed E-state index contributed by atoms with van der Waals surface area (Å²) in [6.45, 7) is 6.24. The number of nitrogens with zero attached hydrogens (tertiary/aromatic N) is 3. The van der Waals surface area contributed by atoms with Gasteiger partial charge in [0.25, 0.3) is 5.91 Å². The molecule has 0 aliphatic heterocycles. The summed E-state index contributed by atoms with van der Waals surface area (Å²) < 4.78 is 50.6. The molecule has 9 nitrogen and oxygen atoms in total. The molecule has 0 aliphatic rings. The fraction of sp³-hybridized carbons (Fsp3) is 0.350. The summed E-state index contributed by atoms with van der Waals surface area (Å²) in [4.78, 5) is 41.6. The lowest BCUT2D eigenvalue weighted by Crippen LogP contribution is -2.17. The summed E-state index contributed by atoms with van der Waals surface area (Å²) in [6.07, 6.45) is -4.72. The highest BCUT2D eigenvalue weighted by Gasteiger charge is 2.35. The van der Waals surface area contributed by atoms with Gasteiger partial charge in [-0.25, -0.2) is 19.1 Å². The minimum atomic E-state index is -4.72. The van der Waals surface area contributed by atoms with Crippen LogP contribution in [0.25, 0.3) is 5.65 Å². The van der Waals surface area contributed by atoms with Crippen LogP contribution in [-0.2, 0) is 15.7 Å². The molecule has 0 fully saturated rings. The number of hydrogen-bond acceptors (Lipinski definition) is 8. The molecule has 0 saturated heterocycles. The van der Waals surface area contributed by atoms with Crippen LogP contribution < -0.4 is 5.32 Å². The highest BCUT2D eigenvalue weighted by atomic mass is 32.1. The van der Waals surface area contributed by atoms with Crippen molar-refractivity contribution in [1.82, 2.24) is 14.6 Å². The van der Waals surface area contributed by atoms with Crippen LogP contribution in [0.4, 0.5) is 18.2 Å². The first-order valence-corrected chi connectivity index (χ1v) is 10.5. The number of anilines is 1. The number of ether oxygens (including phenoxy) is 2. The number of hydrogen-bond donors (Lipinski definition) is 1. The summed E-state index contributed by atoms with van der Waals surface area (Å²) >= 11 is 0.791. The minimum absolute atomic E-state index is 0.0174. The van der Waals surface area contributed by atoms with E-state index in [1.807, 2.05) is 0 Å². The summed E-state index contributed by atoms with van der Waals surface area (Å²) in [5.74, 6) is -2.36. The second-order valence-corrected chi connectivity index (χ2v) is 7.76. The zero-order valence-electron chi connectivity index (χ0n) is 18.0. The first-order valence-electron chi connectivity index (χ1n) is 9.71. The molecule has 13 heteroatoms. The number of nitrogens with one attached hydrogen (secondary N) is 1. The van der Waals surface area contributed by atoms with Gasteiger partial charge < -0.3 is 14.8 Å². The van der Waals surface area contributed by atoms with Crippen LogP contribution >= 0.6 is 11.3 Å². The van der Waals surface area contributed by atoms with Gasteiger partial charge >= 0.3 is 18.1 Å². The van der Waals surface area contributed by atoms with Gasteiger partial charge in [-0.2, -0.15) is 18.3 Å². The summed E-state index contributed by atoms with van der Waals surface area (Å²) in [5.41, 5.74) is -1.33. The van der Waals surface area contributed by atoms with Gasteiger partial charge in [0.15, 0.2) is 11.3 Å². The molecule has 0 aromatic carbocycles. The predicted octanol–water partition coefficient (Wildman–Crippen LogP) is 4.03. The Bertz CT molecular complexity index is 1250. The minimum Gasteiger partial charge on any atom is -0.462 e. The van der Waals surface area contributed by atoms with Crippen LogP contribution in [-0.4, -0.2) is 45.7 Å². The smallest absolute Gasteiger partial charge is 0.433 e. The van der Waals surface area contributed by atoms with E-state index in [1.54, 1.807) is 13.8 Å². The molecule has 0 atom stereocenters. The van der Waals surface area contributed by atoms with Gasteiger partial charge in [-0.3, -0.25) is 4.79 Å². The van der Waals surface area contributed by atoms with E-state index >= 15 is 0 Å². The Hall–Kier alpha value is -3.48. The van der Waals surface area contributed by atoms with E-state index in [2.05, 4.69) is 15.4 Å². The fourth-order valence-electron chi connectivity index (χ4n) is 3.02. The SMILES string of the molecule is CCOC(=O)c1sc(NC(=O)c2cc3nc(C)cc(C(F)(F)F)n3n2)c(C(=O)OCC)c1C. The van der Waals surface area contributed by atoms with E-state index in [0.717, 1.165) is 23.5 Å². The Kier molecular flexibility index (Phi) is 6.72. The van der Waals surface area contributed by atoms with Gasteiger partial charge in [0.1, 0.15) is 15.6 Å². The number of esters is 2. The highest BCUT2D eigenvalue weighted by Crippen LogP contribution is 2.35. The largest absolute Gasteiger partial charge is 0.462 e. The van der Waals surface area contributed by atoms with E-state index in [-0.39, 0.29) is 51.3 Å². The number of halogens is 3. The molecular weight excluding hydrogens is 465 g/mol. The number of aromatic nitrogens is 3. The Morgan fingerprint density at radius 3 is 2.33 bits per heavy atom. The molecular formula is C20H19F3N4O5S. The molecule has 0 spiro atoms. The van der Waals surface area contributed by atoms with Crippen molar-refractivity contribution < 1.29 is 37.0 Å². The molecule has 0 saturated carbocycles. The maximum absolute atomic E-state index is 13.4. The van der Waals surface area contributed by atoms with Gasteiger partial charge in [0.05, 0.1) is 18.8 Å². The number of amides is 1. The number of aryl methyl sites for hydroxylation is 1. The number of fused-ring (bicyclic) bond motifs is 1. The third kappa shape index (κ3) is 4.82. The van der Waals surface area contributed by atoms with Gasteiger partial charge in [0, 0.05) is 11.8 Å². The molecule has 1 amide bonds. The Morgan fingerprint density at radius 2 is 1.73 bits per heavy atom. The monoisotopic (exact) mass is 484 g/mol. The maximum Gasteiger partial charge on any atom is 0.433 e. The second-order valence-electron chi connectivity index (χ2n) is 6.74. The van der Waals surface area contributed by atoms with Crippen LogP contribution in [0.3, 0.4) is 0 Å². The predicted molar refractivity (Wildman–Crippen MR) is 112 cm³/mol. The number of carbonyl (C=O) groups excluding carboxylic acids is 3. The van der Waals surface area contributed by atoms with Crippen molar-refractivity contribution in [2.45, 2.75) is 33.9 Å². The van der Waals surface area contributed by atoms with Crippen LogP contribution in [0.1, 0.15) is 61.3 Å². The molecule has 0 bridgehead atoms. The van der Waals surface area contributed by atoms with Crippen molar-refractivity contribution >= 4 is 39.8 Å². The number of carbonyl (C=O) groups is 3. The second kappa shape index (κ2) is 9.17. The summed E-state index contributed by atoms with van der Waals surface area (Å²) in [5, 5.41) is 6.17. The molecule has 3 aromatic heterocycles. The first-order chi connectivity index (χ1) is 15.5. The Balaban J connectivity index is 2.03. The van der Waals surface area contributed by atoms with Crippen molar-refractivity contribution in [3.63, 3.8) is 0 Å². The zero-order chi connectivity index (χ0) is 24.5. The Labute approximate surface area is 189 Å². The van der Waals surface area contributed by atoms with Crippen molar-refractivity contribution in [1.29, 1.82) is 0 Å². The van der Waals surface area contributed by atoms with Gasteiger partial charge in [0.2, 0.25) is 0 Å². The van der Waals surface area contributed by atoms with Gasteiger partial charge in [-0.05, 0) is 39.3 Å². The van der Waals surface area contributed by atoms with E-state index in [1.165, 1.54) is 13.8 Å². The molecule has 0 aliphatic carbocycles. The molecule has 176 valence electrons. The number of alkyl halides is 3. The van der Waals surface area contributed by atoms with Crippen LogP contribution in [0.5, 0.6) is 0 Å². The molecule has 3 rings (SSSR count). The van der Waals surface area contributed by atoms with Crippen molar-refractivity contribution in [3.8, 4) is 0 Å². The van der Waals surface area contributed by atoms with E-state index in [0.29, 0.717) is 4.52 Å². The molecule has 1 N–H and O–H groups in total. The average molecular weight is 484 g/mol. The maximum atomic E-state index is 13.4. The van der Waals surface area contributed by atoms with E-state index in [4.69, 9.17) is 9.47 Å². The summed E-state index contributed by atoms with van der Waals surface area (Å²) in [6, 6.07) is 1.91. The van der Waals surface area contributed by atoms with Crippen molar-refractivity contribution in [2.75, 3.05) is 18.5 Å². The van der Waals surface area contributed by atoms with Crippen molar-refractivity contribution in [2.24, 2.45) is 0 Å². The number of rotatable bonds is 6. The lowest BCUT2D eigenvalue weighted by atomic mass is 10.1. The quantitative estimate of drug-likeness (QED) is 0.526. The standard InChI is InChI=1S/C20H19F3N4O5S/c1-5-31-18(29)14-10(4)15(19(30)32-6-2)33-17(14)25-16(28)11-8-13-24-9(3)7-12(20(21,22)23)27(13)26-11/h7-8H,5-6H2,1-4H3,(H,25,28). The topological polar surface area (TPSA) is 112 Å². The highest BCUT2D eigenvalue weighted by molar-refractivity contribution is 7.18. The van der Waals surface area contributed by atoms with Gasteiger partial charge in [-0.15, -0.1) is 11.3 Å². The first kappa shape index (κ1) is 24.2. The normalized spacial score (nSPS) is 11.5. The molecule has 3 aromatic rings. The molecule has 3 heterocycles. The lowest BCUT2D eigenvalue weighted by molar-refractivity contribution is -0.142. The van der Waals surface area contributed by atoms with Crippen molar-refractivity contribution in [3.05, 3.63) is 45.2 Å². The van der Waals surface area contributed by atoms with Crippen LogP contribution in [0, 0.1) is 13.8 Å². The third-order valence-electron chi connectivity index (χ3n) is 4.39. The molecule has 0 unspecified atom stereocenters. The fourth-order valence-corrected chi connectivity index (χ4v) is 4.11. The van der Waals surface area contributed by atoms with E-state index in [9.17, 15) is 27.6 Å².